The topological polar surface area (TPSA) is 27.7 Å². The van der Waals surface area contributed by atoms with Crippen LogP contribution in [0.5, 0.6) is 0 Å². The second-order valence-corrected chi connectivity index (χ2v) is 5.00. The minimum atomic E-state index is -0.308. The highest BCUT2D eigenvalue weighted by Gasteiger charge is 2.18. The Morgan fingerprint density at radius 3 is 2.50 bits per heavy atom. The van der Waals surface area contributed by atoms with Crippen LogP contribution in [0.3, 0.4) is 0 Å². The Balaban J connectivity index is 2.79. The minimum Gasteiger partial charge on any atom is -0.429 e. The van der Waals surface area contributed by atoms with Gasteiger partial charge in [-0.3, -0.25) is 0 Å². The molecule has 0 spiro atoms. The first-order valence-electron chi connectivity index (χ1n) is 7.11. The molecule has 5 heteroatoms. The zero-order valence-corrected chi connectivity index (χ0v) is 13.0. The predicted octanol–water partition coefficient (Wildman–Crippen LogP) is 2.98. The molecule has 0 N–H and O–H groups in total. The van der Waals surface area contributed by atoms with Crippen molar-refractivity contribution in [1.82, 2.24) is 0 Å². The fraction of sp³-hybridized carbons (Fsp3) is 0.600. The zero-order valence-electron chi connectivity index (χ0n) is 13.0. The molecule has 3 nitrogen and oxygen atoms in total. The van der Waals surface area contributed by atoms with Crippen LogP contribution in [0.25, 0.3) is 0 Å². The normalized spacial score (nSPS) is 12.8. The van der Waals surface area contributed by atoms with E-state index in [4.69, 9.17) is 14.1 Å². The first-order chi connectivity index (χ1) is 9.43. The molecule has 20 heavy (non-hydrogen) atoms. The lowest BCUT2D eigenvalue weighted by Gasteiger charge is -2.19. The molecule has 0 saturated heterocycles. The number of hydrogen-bond acceptors (Lipinski definition) is 3. The Hall–Kier alpha value is -0.905. The zero-order chi connectivity index (χ0) is 15.1. The van der Waals surface area contributed by atoms with E-state index >= 15 is 0 Å². The molecular formula is C15H24BFO3. The van der Waals surface area contributed by atoms with Crippen molar-refractivity contribution in [2.75, 3.05) is 6.61 Å². The first kappa shape index (κ1) is 17.1. The van der Waals surface area contributed by atoms with Crippen molar-refractivity contribution in [3.8, 4) is 0 Å². The maximum Gasteiger partial charge on any atom is 0.324 e. The van der Waals surface area contributed by atoms with E-state index in [0.717, 1.165) is 11.0 Å². The van der Waals surface area contributed by atoms with E-state index in [1.54, 1.807) is 6.07 Å². The highest BCUT2D eigenvalue weighted by atomic mass is 19.1. The third-order valence-electron chi connectivity index (χ3n) is 2.89. The Morgan fingerprint density at radius 2 is 1.90 bits per heavy atom. The van der Waals surface area contributed by atoms with Gasteiger partial charge in [0.05, 0.1) is 6.61 Å². The van der Waals surface area contributed by atoms with Crippen molar-refractivity contribution in [2.45, 2.75) is 53.5 Å². The lowest BCUT2D eigenvalue weighted by molar-refractivity contribution is -0.134. The summed E-state index contributed by atoms with van der Waals surface area (Å²) in [6.45, 7) is 10.5. The molecule has 0 radical (unpaired) electrons. The first-order valence-corrected chi connectivity index (χ1v) is 7.11. The summed E-state index contributed by atoms with van der Waals surface area (Å²) in [5.41, 5.74) is 1.74. The van der Waals surface area contributed by atoms with Crippen molar-refractivity contribution in [3.63, 3.8) is 0 Å². The molecule has 0 fully saturated rings. The van der Waals surface area contributed by atoms with Crippen molar-refractivity contribution in [1.29, 1.82) is 0 Å². The van der Waals surface area contributed by atoms with Crippen LogP contribution in [-0.4, -0.2) is 25.9 Å². The molecule has 1 aromatic carbocycles. The number of halogens is 1. The SMILES string of the molecule is CCOC(C)OCc1cc(F)ccc1B(C)OC(C)C. The summed E-state index contributed by atoms with van der Waals surface area (Å²) in [5, 5.41) is 0. The van der Waals surface area contributed by atoms with E-state index in [1.165, 1.54) is 12.1 Å². The van der Waals surface area contributed by atoms with Crippen LogP contribution in [0.15, 0.2) is 18.2 Å². The van der Waals surface area contributed by atoms with Gasteiger partial charge in [-0.2, -0.15) is 0 Å². The number of ether oxygens (including phenoxy) is 2. The number of rotatable bonds is 8. The molecule has 1 atom stereocenters. The molecule has 0 saturated carbocycles. The standard InChI is InChI=1S/C15H24BFO3/c1-6-18-12(4)19-10-13-9-14(17)7-8-15(13)16(5)20-11(2)3/h7-9,11-12H,6,10H2,1-5H3. The van der Waals surface area contributed by atoms with Crippen LogP contribution in [0.1, 0.15) is 33.3 Å². The van der Waals surface area contributed by atoms with Gasteiger partial charge in [-0.05, 0) is 50.9 Å². The van der Waals surface area contributed by atoms with E-state index in [1.807, 2.05) is 34.5 Å². The van der Waals surface area contributed by atoms with Gasteiger partial charge < -0.3 is 14.1 Å². The molecule has 0 amide bonds. The molecule has 1 aromatic rings. The van der Waals surface area contributed by atoms with Crippen molar-refractivity contribution < 1.29 is 18.5 Å². The second-order valence-electron chi connectivity index (χ2n) is 5.00. The van der Waals surface area contributed by atoms with Gasteiger partial charge in [0.1, 0.15) is 5.82 Å². The van der Waals surface area contributed by atoms with Crippen molar-refractivity contribution in [3.05, 3.63) is 29.6 Å². The summed E-state index contributed by atoms with van der Waals surface area (Å²) in [6, 6.07) is 4.70. The van der Waals surface area contributed by atoms with Crippen molar-refractivity contribution in [2.24, 2.45) is 0 Å². The van der Waals surface area contributed by atoms with E-state index in [0.29, 0.717) is 13.2 Å². The molecule has 1 unspecified atom stereocenters. The third-order valence-corrected chi connectivity index (χ3v) is 2.89. The number of hydrogen-bond donors (Lipinski definition) is 0. The monoisotopic (exact) mass is 282 g/mol. The van der Waals surface area contributed by atoms with E-state index in [9.17, 15) is 4.39 Å². The minimum absolute atomic E-state index is 0.100. The van der Waals surface area contributed by atoms with Crippen LogP contribution in [-0.2, 0) is 20.7 Å². The lowest BCUT2D eigenvalue weighted by atomic mass is 9.61. The Morgan fingerprint density at radius 1 is 1.20 bits per heavy atom. The summed E-state index contributed by atoms with van der Waals surface area (Å²) in [6.07, 6.45) is -0.191. The third kappa shape index (κ3) is 5.61. The summed E-state index contributed by atoms with van der Waals surface area (Å²) in [4.78, 5) is 0. The predicted molar refractivity (Wildman–Crippen MR) is 79.8 cm³/mol. The van der Waals surface area contributed by atoms with Crippen LogP contribution in [0.2, 0.25) is 6.82 Å². The fourth-order valence-electron chi connectivity index (χ4n) is 2.07. The van der Waals surface area contributed by atoms with Gasteiger partial charge in [-0.15, -0.1) is 0 Å². The average Bonchev–Trinajstić information content (AvgIpc) is 2.35. The highest BCUT2D eigenvalue weighted by molar-refractivity contribution is 6.66. The maximum atomic E-state index is 13.4. The Kier molecular flexibility index (Phi) is 7.20. The number of benzene rings is 1. The summed E-state index contributed by atoms with van der Waals surface area (Å²) >= 11 is 0. The highest BCUT2D eigenvalue weighted by Crippen LogP contribution is 2.08. The van der Waals surface area contributed by atoms with Crippen LogP contribution in [0, 0.1) is 5.82 Å². The molecule has 0 aliphatic carbocycles. The van der Waals surface area contributed by atoms with E-state index < -0.39 is 0 Å². The smallest absolute Gasteiger partial charge is 0.324 e. The quantitative estimate of drug-likeness (QED) is 0.542. The lowest BCUT2D eigenvalue weighted by Crippen LogP contribution is -2.36. The van der Waals surface area contributed by atoms with Gasteiger partial charge in [-0.25, -0.2) is 4.39 Å². The van der Waals surface area contributed by atoms with Gasteiger partial charge >= 0.3 is 6.92 Å². The van der Waals surface area contributed by atoms with E-state index in [2.05, 4.69) is 0 Å². The van der Waals surface area contributed by atoms with Gasteiger partial charge in [0.25, 0.3) is 0 Å². The molecule has 112 valence electrons. The molecule has 0 aromatic heterocycles. The van der Waals surface area contributed by atoms with Crippen LogP contribution >= 0.6 is 0 Å². The van der Waals surface area contributed by atoms with Crippen LogP contribution < -0.4 is 5.46 Å². The van der Waals surface area contributed by atoms with Crippen LogP contribution in [0.4, 0.5) is 4.39 Å². The Labute approximate surface area is 121 Å². The molecule has 1 rings (SSSR count). The largest absolute Gasteiger partial charge is 0.429 e. The second kappa shape index (κ2) is 8.40. The summed E-state index contributed by atoms with van der Waals surface area (Å²) in [7, 11) is 0. The molecule has 0 bridgehead atoms. The van der Waals surface area contributed by atoms with Gasteiger partial charge in [-0.1, -0.05) is 12.9 Å². The van der Waals surface area contributed by atoms with Gasteiger partial charge in [0.2, 0.25) is 0 Å². The van der Waals surface area contributed by atoms with Crippen molar-refractivity contribution >= 4 is 12.4 Å². The van der Waals surface area contributed by atoms with Gasteiger partial charge in [0, 0.05) is 12.7 Å². The van der Waals surface area contributed by atoms with Gasteiger partial charge in [0.15, 0.2) is 6.29 Å². The molecular weight excluding hydrogens is 258 g/mol. The summed E-state index contributed by atoms with van der Waals surface area (Å²) < 4.78 is 30.1. The molecule has 0 heterocycles. The molecule has 0 aliphatic heterocycles. The average molecular weight is 282 g/mol. The summed E-state index contributed by atoms with van der Waals surface area (Å²) in [5.74, 6) is -0.270. The van der Waals surface area contributed by atoms with E-state index in [-0.39, 0.29) is 25.1 Å². The maximum absolute atomic E-state index is 13.4. The fourth-order valence-corrected chi connectivity index (χ4v) is 2.07. The Bertz CT molecular complexity index is 412. The molecule has 0 aliphatic rings.